The van der Waals surface area contributed by atoms with Crippen molar-refractivity contribution in [2.24, 2.45) is 0 Å². The van der Waals surface area contributed by atoms with Crippen LogP contribution in [0.15, 0.2) is 30.5 Å². The highest BCUT2D eigenvalue weighted by atomic mass is 16.5. The van der Waals surface area contributed by atoms with E-state index in [1.54, 1.807) is 18.0 Å². The molecule has 2 aromatic rings. The number of ether oxygens (including phenoxy) is 1. The summed E-state index contributed by atoms with van der Waals surface area (Å²) in [6, 6.07) is 8.21. The molecule has 2 amide bonds. The molecule has 1 saturated heterocycles. The minimum Gasteiger partial charge on any atom is -0.497 e. The summed E-state index contributed by atoms with van der Waals surface area (Å²) in [6.45, 7) is 1.33. The first-order valence-corrected chi connectivity index (χ1v) is 11.8. The average Bonchev–Trinajstić information content (AvgIpc) is 3.18. The standard InChI is InChI=1S/C24H31N5O3/c1-32-20-10-8-17(9-11-20)24(12-13-24)23(31)29-14-4-7-19(29)15-28-16-21(26-27-28)22(30)25-18-5-2-3-6-18/h8-11,16,18-19H,2-7,12-15H2,1H3,(H,25,30)/t19-/m0/s1. The van der Waals surface area contributed by atoms with Crippen molar-refractivity contribution in [1.82, 2.24) is 25.2 Å². The largest absolute Gasteiger partial charge is 0.497 e. The summed E-state index contributed by atoms with van der Waals surface area (Å²) < 4.78 is 6.98. The molecule has 2 heterocycles. The molecular formula is C24H31N5O3. The Hall–Kier alpha value is -2.90. The molecule has 0 spiro atoms. The van der Waals surface area contributed by atoms with Crippen LogP contribution in [-0.2, 0) is 16.8 Å². The zero-order valence-electron chi connectivity index (χ0n) is 18.6. The maximum atomic E-state index is 13.6. The number of aromatic nitrogens is 3. The van der Waals surface area contributed by atoms with Gasteiger partial charge in [-0.2, -0.15) is 0 Å². The van der Waals surface area contributed by atoms with Crippen LogP contribution < -0.4 is 10.1 Å². The van der Waals surface area contributed by atoms with Gasteiger partial charge in [-0.1, -0.05) is 30.2 Å². The Kier molecular flexibility index (Phi) is 5.61. The van der Waals surface area contributed by atoms with Crippen LogP contribution in [0.5, 0.6) is 5.75 Å². The van der Waals surface area contributed by atoms with Crippen molar-refractivity contribution in [2.75, 3.05) is 13.7 Å². The number of benzene rings is 1. The van der Waals surface area contributed by atoms with E-state index >= 15 is 0 Å². The van der Waals surface area contributed by atoms with Crippen LogP contribution >= 0.6 is 0 Å². The smallest absolute Gasteiger partial charge is 0.273 e. The molecule has 1 aliphatic heterocycles. The molecular weight excluding hydrogens is 406 g/mol. The lowest BCUT2D eigenvalue weighted by Crippen LogP contribution is -2.44. The van der Waals surface area contributed by atoms with Gasteiger partial charge >= 0.3 is 0 Å². The normalized spacial score (nSPS) is 22.2. The molecule has 32 heavy (non-hydrogen) atoms. The summed E-state index contributed by atoms with van der Waals surface area (Å²) in [5.74, 6) is 0.860. The molecule has 170 valence electrons. The molecule has 8 nitrogen and oxygen atoms in total. The number of amides is 2. The zero-order valence-corrected chi connectivity index (χ0v) is 18.6. The van der Waals surface area contributed by atoms with E-state index in [2.05, 4.69) is 15.6 Å². The predicted molar refractivity (Wildman–Crippen MR) is 118 cm³/mol. The Balaban J connectivity index is 1.24. The van der Waals surface area contributed by atoms with E-state index in [4.69, 9.17) is 4.74 Å². The van der Waals surface area contributed by atoms with E-state index in [9.17, 15) is 9.59 Å². The molecule has 3 aliphatic rings. The average molecular weight is 438 g/mol. The minimum absolute atomic E-state index is 0.0747. The summed E-state index contributed by atoms with van der Waals surface area (Å²) in [7, 11) is 1.65. The molecule has 0 radical (unpaired) electrons. The summed E-state index contributed by atoms with van der Waals surface area (Å²) in [6.07, 6.45) is 9.81. The number of hydrogen-bond donors (Lipinski definition) is 1. The van der Waals surface area contributed by atoms with Gasteiger partial charge < -0.3 is 15.0 Å². The topological polar surface area (TPSA) is 89.4 Å². The summed E-state index contributed by atoms with van der Waals surface area (Å²) >= 11 is 0. The zero-order chi connectivity index (χ0) is 22.1. The maximum absolute atomic E-state index is 13.6. The molecule has 8 heteroatoms. The van der Waals surface area contributed by atoms with E-state index in [-0.39, 0.29) is 23.9 Å². The third-order valence-electron chi connectivity index (χ3n) is 7.30. The fourth-order valence-corrected chi connectivity index (χ4v) is 5.27. The van der Waals surface area contributed by atoms with Crippen LogP contribution in [0.4, 0.5) is 0 Å². The van der Waals surface area contributed by atoms with Crippen molar-refractivity contribution in [3.05, 3.63) is 41.7 Å². The van der Waals surface area contributed by atoms with Crippen molar-refractivity contribution in [2.45, 2.75) is 75.4 Å². The van der Waals surface area contributed by atoms with Gasteiger partial charge in [0.1, 0.15) is 5.75 Å². The van der Waals surface area contributed by atoms with E-state index in [1.807, 2.05) is 29.2 Å². The van der Waals surface area contributed by atoms with Crippen LogP contribution in [0.1, 0.15) is 67.4 Å². The van der Waals surface area contributed by atoms with Gasteiger partial charge in [0.15, 0.2) is 5.69 Å². The molecule has 0 bridgehead atoms. The molecule has 5 rings (SSSR count). The van der Waals surface area contributed by atoms with Crippen molar-refractivity contribution in [1.29, 1.82) is 0 Å². The molecule has 1 aromatic carbocycles. The Labute approximate surface area is 188 Å². The van der Waals surface area contributed by atoms with Gasteiger partial charge in [0.2, 0.25) is 5.91 Å². The number of rotatable bonds is 7. The first-order valence-electron chi connectivity index (χ1n) is 11.8. The van der Waals surface area contributed by atoms with E-state index < -0.39 is 5.41 Å². The van der Waals surface area contributed by atoms with Crippen molar-refractivity contribution >= 4 is 11.8 Å². The molecule has 0 unspecified atom stereocenters. The second-order valence-electron chi connectivity index (χ2n) is 9.39. The van der Waals surface area contributed by atoms with Crippen molar-refractivity contribution < 1.29 is 14.3 Å². The highest BCUT2D eigenvalue weighted by molar-refractivity contribution is 5.92. The lowest BCUT2D eigenvalue weighted by molar-refractivity contribution is -0.135. The quantitative estimate of drug-likeness (QED) is 0.719. The van der Waals surface area contributed by atoms with Crippen LogP contribution in [0.2, 0.25) is 0 Å². The Morgan fingerprint density at radius 1 is 1.12 bits per heavy atom. The Morgan fingerprint density at radius 2 is 1.88 bits per heavy atom. The van der Waals surface area contributed by atoms with E-state index in [0.29, 0.717) is 12.2 Å². The summed E-state index contributed by atoms with van der Waals surface area (Å²) in [4.78, 5) is 28.1. The summed E-state index contributed by atoms with van der Waals surface area (Å²) in [5, 5.41) is 11.3. The van der Waals surface area contributed by atoms with Gasteiger partial charge in [0.25, 0.3) is 5.91 Å². The first-order chi connectivity index (χ1) is 15.6. The Morgan fingerprint density at radius 3 is 2.56 bits per heavy atom. The number of nitrogens with zero attached hydrogens (tertiary/aromatic N) is 4. The highest BCUT2D eigenvalue weighted by Gasteiger charge is 2.54. The van der Waals surface area contributed by atoms with Gasteiger partial charge in [-0.15, -0.1) is 5.10 Å². The van der Waals surface area contributed by atoms with Gasteiger partial charge in [-0.05, 0) is 56.2 Å². The number of carbonyl (C=O) groups excluding carboxylic acids is 2. The minimum atomic E-state index is -0.399. The van der Waals surface area contributed by atoms with E-state index in [0.717, 1.165) is 56.4 Å². The second kappa shape index (κ2) is 8.56. The van der Waals surface area contributed by atoms with Gasteiger partial charge in [0, 0.05) is 12.6 Å². The van der Waals surface area contributed by atoms with Gasteiger partial charge in [-0.25, -0.2) is 4.68 Å². The summed E-state index contributed by atoms with van der Waals surface area (Å²) in [5.41, 5.74) is 1.02. The Bertz CT molecular complexity index is 976. The number of methoxy groups -OCH3 is 1. The van der Waals surface area contributed by atoms with Crippen LogP contribution in [0.3, 0.4) is 0 Å². The fourth-order valence-electron chi connectivity index (χ4n) is 5.27. The second-order valence-corrected chi connectivity index (χ2v) is 9.39. The molecule has 3 fully saturated rings. The number of carbonyl (C=O) groups is 2. The van der Waals surface area contributed by atoms with Crippen LogP contribution in [0, 0.1) is 0 Å². The maximum Gasteiger partial charge on any atom is 0.273 e. The molecule has 2 saturated carbocycles. The number of nitrogens with one attached hydrogen (secondary N) is 1. The van der Waals surface area contributed by atoms with Gasteiger partial charge in [-0.3, -0.25) is 9.59 Å². The van der Waals surface area contributed by atoms with E-state index in [1.165, 1.54) is 12.8 Å². The highest BCUT2D eigenvalue weighted by Crippen LogP contribution is 2.50. The first kappa shape index (κ1) is 21.0. The SMILES string of the molecule is COc1ccc(C2(C(=O)N3CCC[C@H]3Cn3cc(C(=O)NC4CCCC4)nn3)CC2)cc1. The monoisotopic (exact) mass is 437 g/mol. The van der Waals surface area contributed by atoms with Crippen molar-refractivity contribution in [3.63, 3.8) is 0 Å². The lowest BCUT2D eigenvalue weighted by atomic mass is 9.94. The fraction of sp³-hybridized carbons (Fsp3) is 0.583. The third-order valence-corrected chi connectivity index (χ3v) is 7.30. The third kappa shape index (κ3) is 3.98. The molecule has 1 atom stereocenters. The molecule has 1 N–H and O–H groups in total. The number of likely N-dealkylation sites (tertiary alicyclic amines) is 1. The number of hydrogen-bond acceptors (Lipinski definition) is 5. The molecule has 2 aliphatic carbocycles. The van der Waals surface area contributed by atoms with Crippen LogP contribution in [0.25, 0.3) is 0 Å². The predicted octanol–water partition coefficient (Wildman–Crippen LogP) is 2.68. The molecule has 1 aromatic heterocycles. The van der Waals surface area contributed by atoms with Crippen molar-refractivity contribution in [3.8, 4) is 5.75 Å². The van der Waals surface area contributed by atoms with Crippen LogP contribution in [-0.4, -0.2) is 57.4 Å². The lowest BCUT2D eigenvalue weighted by Gasteiger charge is -2.29. The van der Waals surface area contributed by atoms with Gasteiger partial charge in [0.05, 0.1) is 31.3 Å².